The van der Waals surface area contributed by atoms with Crippen molar-refractivity contribution in [3.8, 4) is 11.5 Å². The van der Waals surface area contributed by atoms with Gasteiger partial charge in [0.15, 0.2) is 5.60 Å². The number of fused-ring (bicyclic) bond motifs is 1. The van der Waals surface area contributed by atoms with Crippen LogP contribution in [-0.2, 0) is 16.0 Å². The third-order valence-corrected chi connectivity index (χ3v) is 7.35. The van der Waals surface area contributed by atoms with E-state index in [1.54, 1.807) is 11.8 Å². The summed E-state index contributed by atoms with van der Waals surface area (Å²) in [6, 6.07) is 17.8. The van der Waals surface area contributed by atoms with Gasteiger partial charge in [-0.25, -0.2) is 0 Å². The number of aromatic hydroxyl groups is 1. The lowest BCUT2D eigenvalue weighted by atomic mass is 9.85. The molecule has 0 bridgehead atoms. The Kier molecular flexibility index (Phi) is 7.29. The number of phenols is 1. The maximum absolute atomic E-state index is 14.6. The van der Waals surface area contributed by atoms with Crippen LogP contribution in [0.1, 0.15) is 68.0 Å². The fourth-order valence-electron chi connectivity index (χ4n) is 5.12. The second-order valence-electron chi connectivity index (χ2n) is 11.4. The number of ether oxygens (including phenoxy) is 1. The largest absolute Gasteiger partial charge is 0.507 e. The van der Waals surface area contributed by atoms with E-state index in [-0.39, 0.29) is 17.6 Å². The molecule has 1 aliphatic rings. The molecule has 2 amide bonds. The fraction of sp³-hybridized carbons (Fsp3) is 0.375. The van der Waals surface area contributed by atoms with Crippen LogP contribution in [0.25, 0.3) is 0 Å². The Morgan fingerprint density at radius 1 is 0.947 bits per heavy atom. The van der Waals surface area contributed by atoms with Crippen LogP contribution in [0.15, 0.2) is 60.7 Å². The molecule has 1 aliphatic heterocycles. The first kappa shape index (κ1) is 27.2. The zero-order valence-corrected chi connectivity index (χ0v) is 23.4. The monoisotopic (exact) mass is 514 g/mol. The summed E-state index contributed by atoms with van der Waals surface area (Å²) in [7, 11) is 0. The summed E-state index contributed by atoms with van der Waals surface area (Å²) >= 11 is 0. The number of anilines is 1. The minimum atomic E-state index is -1.22. The lowest BCUT2D eigenvalue weighted by Crippen LogP contribution is -2.57. The van der Waals surface area contributed by atoms with E-state index in [2.05, 4.69) is 5.32 Å². The summed E-state index contributed by atoms with van der Waals surface area (Å²) in [5.74, 6) is 0.348. The topological polar surface area (TPSA) is 78.9 Å². The molecule has 2 unspecified atom stereocenters. The molecule has 38 heavy (non-hydrogen) atoms. The molecule has 0 saturated carbocycles. The van der Waals surface area contributed by atoms with Crippen LogP contribution in [0.3, 0.4) is 0 Å². The molecule has 3 aromatic rings. The minimum absolute atomic E-state index is 0.270. The Balaban J connectivity index is 1.85. The van der Waals surface area contributed by atoms with Crippen LogP contribution >= 0.6 is 0 Å². The third kappa shape index (κ3) is 5.13. The van der Waals surface area contributed by atoms with E-state index in [9.17, 15) is 14.7 Å². The Morgan fingerprint density at radius 3 is 2.11 bits per heavy atom. The van der Waals surface area contributed by atoms with Crippen molar-refractivity contribution in [1.82, 2.24) is 5.32 Å². The molecule has 6 nitrogen and oxygen atoms in total. The van der Waals surface area contributed by atoms with Crippen molar-refractivity contribution in [2.75, 3.05) is 4.90 Å². The number of phenolic OH excluding ortho intramolecular Hbond substituents is 1. The van der Waals surface area contributed by atoms with Gasteiger partial charge in [-0.1, -0.05) is 48.5 Å². The predicted molar refractivity (Wildman–Crippen MR) is 151 cm³/mol. The molecule has 3 aromatic carbocycles. The van der Waals surface area contributed by atoms with Crippen molar-refractivity contribution < 1.29 is 19.4 Å². The van der Waals surface area contributed by atoms with Gasteiger partial charge in [-0.3, -0.25) is 14.5 Å². The van der Waals surface area contributed by atoms with Crippen LogP contribution in [0, 0.1) is 20.8 Å². The van der Waals surface area contributed by atoms with Gasteiger partial charge in [-0.05, 0) is 89.3 Å². The number of benzene rings is 3. The number of hydrogen-bond donors (Lipinski definition) is 2. The third-order valence-electron chi connectivity index (χ3n) is 7.35. The quantitative estimate of drug-likeness (QED) is 0.432. The highest BCUT2D eigenvalue weighted by atomic mass is 16.5. The van der Waals surface area contributed by atoms with Crippen molar-refractivity contribution in [3.63, 3.8) is 0 Å². The maximum Gasteiger partial charge on any atom is 0.271 e. The average molecular weight is 515 g/mol. The molecule has 0 fully saturated rings. The average Bonchev–Trinajstić information content (AvgIpc) is 2.88. The summed E-state index contributed by atoms with van der Waals surface area (Å²) in [5, 5.41) is 13.7. The summed E-state index contributed by atoms with van der Waals surface area (Å²) < 4.78 is 6.56. The first-order valence-corrected chi connectivity index (χ1v) is 13.1. The van der Waals surface area contributed by atoms with Gasteiger partial charge in [-0.2, -0.15) is 0 Å². The van der Waals surface area contributed by atoms with Gasteiger partial charge < -0.3 is 15.2 Å². The molecule has 2 N–H and O–H groups in total. The molecule has 1 heterocycles. The number of nitrogens with one attached hydrogen (secondary N) is 1. The van der Waals surface area contributed by atoms with E-state index in [1.165, 1.54) is 0 Å². The molecule has 0 aromatic heterocycles. The number of amides is 2. The van der Waals surface area contributed by atoms with Crippen LogP contribution < -0.4 is 15.0 Å². The van der Waals surface area contributed by atoms with Gasteiger partial charge in [-0.15, -0.1) is 0 Å². The van der Waals surface area contributed by atoms with Gasteiger partial charge in [0.25, 0.3) is 5.91 Å². The van der Waals surface area contributed by atoms with Crippen molar-refractivity contribution in [3.05, 3.63) is 88.5 Å². The first-order valence-electron chi connectivity index (χ1n) is 13.1. The zero-order valence-electron chi connectivity index (χ0n) is 23.4. The molecule has 6 heteroatoms. The molecular formula is C32H38N2O4. The summed E-state index contributed by atoms with van der Waals surface area (Å²) in [6.45, 7) is 13.2. The van der Waals surface area contributed by atoms with E-state index >= 15 is 0 Å². The predicted octanol–water partition coefficient (Wildman–Crippen LogP) is 6.09. The lowest BCUT2D eigenvalue weighted by molar-refractivity contribution is -0.137. The van der Waals surface area contributed by atoms with Gasteiger partial charge in [0, 0.05) is 23.2 Å². The van der Waals surface area contributed by atoms with E-state index in [0.29, 0.717) is 29.8 Å². The van der Waals surface area contributed by atoms with Gasteiger partial charge in [0.2, 0.25) is 5.91 Å². The fourth-order valence-corrected chi connectivity index (χ4v) is 5.12. The molecule has 0 aliphatic carbocycles. The maximum atomic E-state index is 14.6. The summed E-state index contributed by atoms with van der Waals surface area (Å²) in [4.78, 5) is 30.1. The number of rotatable bonds is 5. The van der Waals surface area contributed by atoms with E-state index < -0.39 is 17.2 Å². The van der Waals surface area contributed by atoms with Gasteiger partial charge in [0.1, 0.15) is 17.5 Å². The Bertz CT molecular complexity index is 1350. The summed E-state index contributed by atoms with van der Waals surface area (Å²) in [6.07, 6.45) is 0.984. The number of nitrogens with zero attached hydrogens (tertiary/aromatic N) is 1. The van der Waals surface area contributed by atoms with E-state index in [0.717, 1.165) is 22.3 Å². The molecular weight excluding hydrogens is 476 g/mol. The second-order valence-corrected chi connectivity index (χ2v) is 11.4. The Hall–Kier alpha value is -3.80. The highest BCUT2D eigenvalue weighted by Crippen LogP contribution is 2.44. The van der Waals surface area contributed by atoms with E-state index in [4.69, 9.17) is 4.74 Å². The second kappa shape index (κ2) is 10.2. The van der Waals surface area contributed by atoms with Crippen molar-refractivity contribution in [1.29, 1.82) is 0 Å². The highest BCUT2D eigenvalue weighted by molar-refractivity contribution is 6.05. The number of carbonyl (C=O) groups is 2. The molecule has 0 radical (unpaired) electrons. The van der Waals surface area contributed by atoms with Crippen LogP contribution in [0.5, 0.6) is 11.5 Å². The van der Waals surface area contributed by atoms with Crippen molar-refractivity contribution in [2.45, 2.75) is 78.5 Å². The molecule has 0 spiro atoms. The Labute approximate surface area is 225 Å². The SMILES string of the molecule is Cc1c(C)c2c(c(C)c1O)CCC(C)(C(=O)N(c1ccccc1)C(C(=O)NC(C)(C)C)c1ccccc1)O2. The standard InChI is InChI=1S/C32H38N2O4/c1-20-21(2)28-25(22(3)27(20)35)18-19-32(7,38-28)30(37)34(24-16-12-9-13-17-24)26(23-14-10-8-11-15-23)29(36)33-31(4,5)6/h8-17,26,35H,18-19H2,1-7H3,(H,33,36). The van der Waals surface area contributed by atoms with Crippen molar-refractivity contribution in [2.24, 2.45) is 0 Å². The van der Waals surface area contributed by atoms with Crippen molar-refractivity contribution >= 4 is 17.5 Å². The summed E-state index contributed by atoms with van der Waals surface area (Å²) in [5.41, 5.74) is 2.87. The Morgan fingerprint density at radius 2 is 1.53 bits per heavy atom. The highest BCUT2D eigenvalue weighted by Gasteiger charge is 2.47. The lowest BCUT2D eigenvalue weighted by Gasteiger charge is -2.42. The number of para-hydroxylation sites is 1. The van der Waals surface area contributed by atoms with Gasteiger partial charge >= 0.3 is 0 Å². The van der Waals surface area contributed by atoms with Gasteiger partial charge in [0.05, 0.1) is 0 Å². The molecule has 0 saturated heterocycles. The normalized spacial score (nSPS) is 17.7. The molecule has 200 valence electrons. The zero-order chi connectivity index (χ0) is 27.8. The van der Waals surface area contributed by atoms with Crippen LogP contribution in [0.4, 0.5) is 5.69 Å². The number of hydrogen-bond acceptors (Lipinski definition) is 4. The smallest absolute Gasteiger partial charge is 0.271 e. The molecule has 2 atom stereocenters. The minimum Gasteiger partial charge on any atom is -0.507 e. The molecule has 4 rings (SSSR count). The number of carbonyl (C=O) groups excluding carboxylic acids is 2. The van der Waals surface area contributed by atoms with E-state index in [1.807, 2.05) is 102 Å². The van der Waals surface area contributed by atoms with Crippen LogP contribution in [0.2, 0.25) is 0 Å². The van der Waals surface area contributed by atoms with Crippen LogP contribution in [-0.4, -0.2) is 28.1 Å². The first-order chi connectivity index (χ1) is 17.8.